The second-order valence-electron chi connectivity index (χ2n) is 5.28. The first-order valence-corrected chi connectivity index (χ1v) is 8.87. The van der Waals surface area contributed by atoms with Crippen molar-refractivity contribution in [1.29, 1.82) is 0 Å². The molecule has 26 heavy (non-hydrogen) atoms. The molecule has 0 saturated carbocycles. The van der Waals surface area contributed by atoms with Crippen LogP contribution in [0.25, 0.3) is 11.3 Å². The van der Waals surface area contributed by atoms with E-state index in [4.69, 9.17) is 9.47 Å². The molecule has 2 heterocycles. The summed E-state index contributed by atoms with van der Waals surface area (Å²) in [6.07, 6.45) is 5.38. The normalized spacial score (nSPS) is 11.8. The van der Waals surface area contributed by atoms with E-state index in [1.807, 2.05) is 41.9 Å². The first-order valence-electron chi connectivity index (χ1n) is 7.99. The summed E-state index contributed by atoms with van der Waals surface area (Å²) in [5, 5.41) is 6.62. The van der Waals surface area contributed by atoms with Gasteiger partial charge >= 0.3 is 0 Å². The highest BCUT2D eigenvalue weighted by Gasteiger charge is 2.13. The van der Waals surface area contributed by atoms with Crippen LogP contribution in [0.4, 0.5) is 0 Å². The molecule has 2 aromatic heterocycles. The van der Waals surface area contributed by atoms with Crippen molar-refractivity contribution in [2.24, 2.45) is 10.1 Å². The third-order valence-electron chi connectivity index (χ3n) is 3.66. The van der Waals surface area contributed by atoms with Crippen molar-refractivity contribution in [1.82, 2.24) is 9.66 Å². The monoisotopic (exact) mass is 368 g/mol. The molecule has 134 valence electrons. The van der Waals surface area contributed by atoms with Gasteiger partial charge in [-0.2, -0.15) is 5.10 Å². The lowest BCUT2D eigenvalue weighted by Gasteiger charge is -2.10. The highest BCUT2D eigenvalue weighted by molar-refractivity contribution is 7.07. The smallest absolute Gasteiger partial charge is 0.206 e. The molecule has 1 aromatic carbocycles. The van der Waals surface area contributed by atoms with Gasteiger partial charge in [0.25, 0.3) is 0 Å². The molecule has 0 amide bonds. The van der Waals surface area contributed by atoms with Gasteiger partial charge in [-0.05, 0) is 24.3 Å². The molecule has 0 aliphatic rings. The van der Waals surface area contributed by atoms with E-state index in [-0.39, 0.29) is 0 Å². The van der Waals surface area contributed by atoms with Gasteiger partial charge in [0.2, 0.25) is 4.80 Å². The Morgan fingerprint density at radius 1 is 1.27 bits per heavy atom. The van der Waals surface area contributed by atoms with Gasteiger partial charge in [0.15, 0.2) is 0 Å². The number of hydrogen-bond acceptors (Lipinski definition) is 5. The average Bonchev–Trinajstić information content (AvgIpc) is 3.33. The van der Waals surface area contributed by atoms with Crippen molar-refractivity contribution >= 4 is 17.6 Å². The lowest BCUT2D eigenvalue weighted by atomic mass is 10.1. The molecule has 7 heteroatoms. The minimum Gasteiger partial charge on any atom is -0.497 e. The van der Waals surface area contributed by atoms with E-state index < -0.39 is 0 Å². The Morgan fingerprint density at radius 2 is 2.15 bits per heavy atom. The Labute approximate surface area is 155 Å². The first-order chi connectivity index (χ1) is 12.8. The van der Waals surface area contributed by atoms with Crippen molar-refractivity contribution in [2.75, 3.05) is 20.8 Å². The summed E-state index contributed by atoms with van der Waals surface area (Å²) in [6, 6.07) is 9.58. The van der Waals surface area contributed by atoms with E-state index in [2.05, 4.69) is 21.7 Å². The Balaban J connectivity index is 2.13. The van der Waals surface area contributed by atoms with Crippen molar-refractivity contribution in [3.05, 3.63) is 65.1 Å². The average molecular weight is 368 g/mol. The van der Waals surface area contributed by atoms with E-state index in [1.54, 1.807) is 31.2 Å². The van der Waals surface area contributed by atoms with Crippen molar-refractivity contribution < 1.29 is 9.47 Å². The van der Waals surface area contributed by atoms with Gasteiger partial charge in [-0.15, -0.1) is 17.9 Å². The molecule has 0 radical (unpaired) electrons. The molecule has 6 nitrogen and oxygen atoms in total. The Hall–Kier alpha value is -3.06. The van der Waals surface area contributed by atoms with Crippen LogP contribution in [0.2, 0.25) is 0 Å². The lowest BCUT2D eigenvalue weighted by molar-refractivity contribution is 0.395. The number of nitrogens with one attached hydrogen (secondary N) is 1. The zero-order valence-corrected chi connectivity index (χ0v) is 15.5. The van der Waals surface area contributed by atoms with Crippen molar-refractivity contribution in [2.45, 2.75) is 0 Å². The number of thiazole rings is 1. The van der Waals surface area contributed by atoms with Gasteiger partial charge < -0.3 is 14.5 Å². The van der Waals surface area contributed by atoms with Gasteiger partial charge in [0.1, 0.15) is 11.5 Å². The standard InChI is InChI=1S/C19H20N4O2S/c1-4-9-21-19-23(22-12-14-6-5-10-20-14)17(13-26-19)16-8-7-15(24-2)11-18(16)25-3/h4-8,10-13,20H,1,9H2,2-3H3. The summed E-state index contributed by atoms with van der Waals surface area (Å²) in [6.45, 7) is 4.25. The van der Waals surface area contributed by atoms with Crippen LogP contribution in [0, 0.1) is 0 Å². The molecule has 0 saturated heterocycles. The number of aromatic amines is 1. The highest BCUT2D eigenvalue weighted by Crippen LogP contribution is 2.33. The summed E-state index contributed by atoms with van der Waals surface area (Å²) in [5.41, 5.74) is 2.71. The van der Waals surface area contributed by atoms with Gasteiger partial charge in [-0.25, -0.2) is 4.68 Å². The molecular weight excluding hydrogens is 348 g/mol. The van der Waals surface area contributed by atoms with Gasteiger partial charge in [-0.1, -0.05) is 6.08 Å². The lowest BCUT2D eigenvalue weighted by Crippen LogP contribution is -2.12. The fourth-order valence-corrected chi connectivity index (χ4v) is 3.24. The van der Waals surface area contributed by atoms with Crippen LogP contribution in [-0.2, 0) is 0 Å². The second-order valence-corrected chi connectivity index (χ2v) is 6.12. The van der Waals surface area contributed by atoms with E-state index in [0.717, 1.165) is 27.5 Å². The SMILES string of the molecule is C=CCN=c1scc(-c2ccc(OC)cc2OC)n1N=Cc1ccc[nH]1. The molecule has 0 spiro atoms. The number of ether oxygens (including phenoxy) is 2. The predicted octanol–water partition coefficient (Wildman–Crippen LogP) is 3.53. The maximum atomic E-state index is 5.54. The zero-order valence-electron chi connectivity index (χ0n) is 14.7. The highest BCUT2D eigenvalue weighted by atomic mass is 32.1. The number of aromatic nitrogens is 2. The number of benzene rings is 1. The third-order valence-corrected chi connectivity index (χ3v) is 4.51. The minimum absolute atomic E-state index is 0.526. The van der Waals surface area contributed by atoms with E-state index in [9.17, 15) is 0 Å². The zero-order chi connectivity index (χ0) is 18.4. The van der Waals surface area contributed by atoms with Gasteiger partial charge in [-0.3, -0.25) is 4.99 Å². The summed E-state index contributed by atoms with van der Waals surface area (Å²) < 4.78 is 12.6. The fraction of sp³-hybridized carbons (Fsp3) is 0.158. The molecule has 1 N–H and O–H groups in total. The third kappa shape index (κ3) is 3.78. The molecule has 0 aliphatic carbocycles. The largest absolute Gasteiger partial charge is 0.497 e. The minimum atomic E-state index is 0.526. The Morgan fingerprint density at radius 3 is 2.85 bits per heavy atom. The van der Waals surface area contributed by atoms with Crippen molar-refractivity contribution in [3.63, 3.8) is 0 Å². The van der Waals surface area contributed by atoms with E-state index in [1.165, 1.54) is 11.3 Å². The van der Waals surface area contributed by atoms with Crippen LogP contribution < -0.4 is 14.3 Å². The molecular formula is C19H20N4O2S. The van der Waals surface area contributed by atoms with Gasteiger partial charge in [0.05, 0.1) is 38.4 Å². The maximum Gasteiger partial charge on any atom is 0.206 e. The van der Waals surface area contributed by atoms with Crippen LogP contribution in [0.5, 0.6) is 11.5 Å². The molecule has 0 bridgehead atoms. The van der Waals surface area contributed by atoms with Crippen LogP contribution >= 0.6 is 11.3 Å². The van der Waals surface area contributed by atoms with Gasteiger partial charge in [0, 0.05) is 23.2 Å². The Bertz CT molecular complexity index is 968. The topological polar surface area (TPSA) is 63.9 Å². The number of hydrogen-bond donors (Lipinski definition) is 1. The molecule has 0 aliphatic heterocycles. The molecule has 0 fully saturated rings. The molecule has 0 unspecified atom stereocenters. The van der Waals surface area contributed by atoms with Crippen LogP contribution in [0.1, 0.15) is 5.69 Å². The summed E-state index contributed by atoms with van der Waals surface area (Å²) >= 11 is 1.52. The first kappa shape index (κ1) is 17.8. The van der Waals surface area contributed by atoms with E-state index >= 15 is 0 Å². The van der Waals surface area contributed by atoms with Crippen LogP contribution in [0.3, 0.4) is 0 Å². The predicted molar refractivity (Wildman–Crippen MR) is 105 cm³/mol. The summed E-state index contributed by atoms with van der Waals surface area (Å²) in [5.74, 6) is 1.44. The number of methoxy groups -OCH3 is 2. The van der Waals surface area contributed by atoms with E-state index in [0.29, 0.717) is 12.3 Å². The van der Waals surface area contributed by atoms with Crippen LogP contribution in [0.15, 0.2) is 64.7 Å². The van der Waals surface area contributed by atoms with Crippen molar-refractivity contribution in [3.8, 4) is 22.8 Å². The molecule has 3 rings (SSSR count). The quantitative estimate of drug-likeness (QED) is 0.512. The summed E-state index contributed by atoms with van der Waals surface area (Å²) in [7, 11) is 3.27. The molecule has 3 aromatic rings. The maximum absolute atomic E-state index is 5.54. The molecule has 0 atom stereocenters. The summed E-state index contributed by atoms with van der Waals surface area (Å²) in [4.78, 5) is 8.42. The number of H-pyrrole nitrogens is 1. The fourth-order valence-electron chi connectivity index (χ4n) is 2.40. The number of nitrogens with zero attached hydrogens (tertiary/aromatic N) is 3. The van der Waals surface area contributed by atoms with Crippen LogP contribution in [-0.4, -0.2) is 36.6 Å². The second kappa shape index (κ2) is 8.35. The number of rotatable bonds is 7. The Kier molecular flexibility index (Phi) is 5.70.